The summed E-state index contributed by atoms with van der Waals surface area (Å²) in [6, 6.07) is 0. The Morgan fingerprint density at radius 1 is 1.71 bits per heavy atom. The van der Waals surface area contributed by atoms with E-state index in [9.17, 15) is 4.79 Å². The van der Waals surface area contributed by atoms with Gasteiger partial charge in [0.25, 0.3) is 0 Å². The average Bonchev–Trinajstić information content (AvgIpc) is 1.65. The summed E-state index contributed by atoms with van der Waals surface area (Å²) in [5.41, 5.74) is 5.04. The van der Waals surface area contributed by atoms with E-state index in [0.29, 0.717) is 0 Å². The number of carbonyl (C=O) groups excluding carboxylic acids is 1. The molecule has 7 heavy (non-hydrogen) atoms. The molecule has 0 aliphatic carbocycles. The largest absolute Gasteiger partial charge is 0.323 e. The Balaban J connectivity index is 3.35. The van der Waals surface area contributed by atoms with E-state index in [4.69, 9.17) is 5.73 Å². The minimum absolute atomic E-state index is 0.190. The summed E-state index contributed by atoms with van der Waals surface area (Å²) in [4.78, 5) is 10.4. The van der Waals surface area contributed by atoms with Gasteiger partial charge in [0, 0.05) is 0 Å². The second-order valence-electron chi connectivity index (χ2n) is 1.49. The Kier molecular flexibility index (Phi) is 3.04. The van der Waals surface area contributed by atoms with Crippen LogP contribution in [0, 0.1) is 0 Å². The molecule has 2 nitrogen and oxygen atoms in total. The van der Waals surface area contributed by atoms with E-state index >= 15 is 0 Å². The normalized spacial score (nSPS) is 11.0. The van der Waals surface area contributed by atoms with E-state index in [1.165, 1.54) is 0 Å². The van der Waals surface area contributed by atoms with E-state index in [2.05, 4.69) is 0 Å². The minimum Gasteiger partial charge on any atom is -0.323 e. The molecule has 0 rings (SSSR count). The first-order chi connectivity index (χ1) is 3.18. The minimum atomic E-state index is -0.426. The Bertz CT molecular complexity index is 72.1. The number of hydrogen-bond donors (Lipinski definition) is 2. The molecule has 0 saturated carbocycles. The van der Waals surface area contributed by atoms with Gasteiger partial charge in [0.15, 0.2) is 5.12 Å². The third kappa shape index (κ3) is 2.65. The molecule has 44 valence electrons. The summed E-state index contributed by atoms with van der Waals surface area (Å²) in [5.74, 6) is 0. The van der Waals surface area contributed by atoms with E-state index in [1.807, 2.05) is 12.5 Å². The molecule has 2 N–H and O–H groups in total. The van der Waals surface area contributed by atoms with Crippen LogP contribution in [0.3, 0.4) is 0 Å². The summed E-state index contributed by atoms with van der Waals surface area (Å²) >= 11 is 0. The van der Waals surface area contributed by atoms with Gasteiger partial charge in [0.1, 0.15) is 0 Å². The molecule has 0 bridgehead atoms. The fraction of sp³-hybridized carbons (Fsp3) is 0.750. The molecule has 0 radical (unpaired) electrons. The molecule has 0 aromatic rings. The second kappa shape index (κ2) is 3.04. The van der Waals surface area contributed by atoms with Crippen LogP contribution in [0.4, 0.5) is 0 Å². The van der Waals surface area contributed by atoms with Gasteiger partial charge < -0.3 is 5.73 Å². The van der Waals surface area contributed by atoms with Gasteiger partial charge in [0.05, 0.1) is 6.54 Å². The summed E-state index contributed by atoms with van der Waals surface area (Å²) in [6.45, 7) is 0.207. The highest BCUT2D eigenvalue weighted by atomic mass is 32.2. The lowest BCUT2D eigenvalue weighted by atomic mass is 10.8. The molecule has 0 fully saturated rings. The summed E-state index contributed by atoms with van der Waals surface area (Å²) < 4.78 is 0. The van der Waals surface area contributed by atoms with Gasteiger partial charge in [-0.05, 0) is 12.5 Å². The zero-order valence-corrected chi connectivity index (χ0v) is 5.53. The van der Waals surface area contributed by atoms with Gasteiger partial charge >= 0.3 is 0 Å². The van der Waals surface area contributed by atoms with Gasteiger partial charge in [-0.1, -0.05) is 0 Å². The molecule has 0 aromatic heterocycles. The molecule has 0 aliphatic heterocycles. The quantitative estimate of drug-likeness (QED) is 0.469. The summed E-state index contributed by atoms with van der Waals surface area (Å²) in [6.07, 6.45) is 3.81. The Morgan fingerprint density at radius 2 is 2.14 bits per heavy atom. The lowest BCUT2D eigenvalue weighted by Gasteiger charge is -2.01. The molecule has 0 aromatic carbocycles. The van der Waals surface area contributed by atoms with Crippen molar-refractivity contribution in [1.29, 1.82) is 0 Å². The van der Waals surface area contributed by atoms with Crippen molar-refractivity contribution in [3.8, 4) is 0 Å². The van der Waals surface area contributed by atoms with E-state index in [0.717, 1.165) is 0 Å². The highest BCUT2D eigenvalue weighted by Gasteiger charge is 1.96. The second-order valence-corrected chi connectivity index (χ2v) is 3.78. The van der Waals surface area contributed by atoms with Gasteiger partial charge in [-0.2, -0.15) is 10.9 Å². The maximum Gasteiger partial charge on any atom is 0.182 e. The van der Waals surface area contributed by atoms with Crippen molar-refractivity contribution in [2.45, 2.75) is 0 Å². The van der Waals surface area contributed by atoms with Gasteiger partial charge in [-0.25, -0.2) is 0 Å². The summed E-state index contributed by atoms with van der Waals surface area (Å²) in [7, 11) is -0.426. The zero-order valence-electron chi connectivity index (χ0n) is 4.64. The highest BCUT2D eigenvalue weighted by Crippen LogP contribution is 2.11. The molecule has 0 amide bonds. The van der Waals surface area contributed by atoms with Gasteiger partial charge in [-0.15, -0.1) is 0 Å². The smallest absolute Gasteiger partial charge is 0.182 e. The standard InChI is InChI=1S/C4H11NOS/c1-7(2)4(6)3-5/h7H,3,5H2,1-2H3. The zero-order chi connectivity index (χ0) is 5.86. The first-order valence-corrected chi connectivity index (χ1v) is 4.32. The Hall–Kier alpha value is -0.0200. The van der Waals surface area contributed by atoms with Crippen LogP contribution in [-0.4, -0.2) is 24.2 Å². The van der Waals surface area contributed by atoms with Crippen LogP contribution in [0.25, 0.3) is 0 Å². The lowest BCUT2D eigenvalue weighted by molar-refractivity contribution is -0.109. The summed E-state index contributed by atoms with van der Waals surface area (Å²) in [5, 5.41) is 0.190. The predicted molar refractivity (Wildman–Crippen MR) is 34.9 cm³/mol. The van der Waals surface area contributed by atoms with Crippen LogP contribution in [0.5, 0.6) is 0 Å². The number of hydrogen-bond acceptors (Lipinski definition) is 2. The van der Waals surface area contributed by atoms with Crippen molar-refractivity contribution in [3.05, 3.63) is 0 Å². The van der Waals surface area contributed by atoms with Crippen molar-refractivity contribution in [2.75, 3.05) is 19.1 Å². The molecule has 0 heterocycles. The molecule has 0 spiro atoms. The van der Waals surface area contributed by atoms with Gasteiger partial charge in [-0.3, -0.25) is 4.79 Å². The number of thiol groups is 1. The third-order valence-corrected chi connectivity index (χ3v) is 1.85. The lowest BCUT2D eigenvalue weighted by Crippen LogP contribution is -2.11. The van der Waals surface area contributed by atoms with Crippen molar-refractivity contribution < 1.29 is 4.79 Å². The molecule has 0 aliphatic rings. The first-order valence-electron chi connectivity index (χ1n) is 2.08. The molecule has 0 unspecified atom stereocenters. The van der Waals surface area contributed by atoms with Crippen LogP contribution in [0.1, 0.15) is 0 Å². The number of nitrogens with two attached hydrogens (primary N) is 1. The molecule has 0 atom stereocenters. The van der Waals surface area contributed by atoms with E-state index in [-0.39, 0.29) is 11.7 Å². The van der Waals surface area contributed by atoms with Crippen LogP contribution in [0.15, 0.2) is 0 Å². The monoisotopic (exact) mass is 121 g/mol. The van der Waals surface area contributed by atoms with Crippen LogP contribution >= 0.6 is 10.9 Å². The Morgan fingerprint density at radius 3 is 2.14 bits per heavy atom. The first kappa shape index (κ1) is 6.98. The predicted octanol–water partition coefficient (Wildman–Crippen LogP) is -0.267. The van der Waals surface area contributed by atoms with E-state index < -0.39 is 10.9 Å². The van der Waals surface area contributed by atoms with Crippen LogP contribution in [0.2, 0.25) is 0 Å². The number of rotatable bonds is 1. The van der Waals surface area contributed by atoms with E-state index in [1.54, 1.807) is 0 Å². The van der Waals surface area contributed by atoms with Crippen molar-refractivity contribution in [3.63, 3.8) is 0 Å². The maximum absolute atomic E-state index is 10.4. The molecule has 3 heteroatoms. The molecular formula is C4H11NOS. The highest BCUT2D eigenvalue weighted by molar-refractivity contribution is 8.28. The van der Waals surface area contributed by atoms with Crippen LogP contribution < -0.4 is 5.73 Å². The Labute approximate surface area is 46.4 Å². The van der Waals surface area contributed by atoms with Gasteiger partial charge in [0.2, 0.25) is 0 Å². The number of carbonyl (C=O) groups is 1. The fourth-order valence-electron chi connectivity index (χ4n) is 0.183. The van der Waals surface area contributed by atoms with Crippen molar-refractivity contribution >= 4 is 16.0 Å². The maximum atomic E-state index is 10.4. The van der Waals surface area contributed by atoms with Crippen molar-refractivity contribution in [2.24, 2.45) is 5.73 Å². The molecule has 0 saturated heterocycles. The third-order valence-electron chi connectivity index (χ3n) is 0.673. The van der Waals surface area contributed by atoms with Crippen molar-refractivity contribution in [1.82, 2.24) is 0 Å². The average molecular weight is 121 g/mol. The molecular weight excluding hydrogens is 110 g/mol. The van der Waals surface area contributed by atoms with Crippen LogP contribution in [-0.2, 0) is 4.79 Å². The topological polar surface area (TPSA) is 43.1 Å². The fourth-order valence-corrected chi connectivity index (χ4v) is 0.548. The SMILES string of the molecule is C[SH](C)C(=O)CN.